The minimum Gasteiger partial charge on any atom is -0.381 e. The number of hydrogen-bond donors (Lipinski definition) is 1. The number of carbonyl (C=O) groups excluding carboxylic acids is 1. The molecule has 0 radical (unpaired) electrons. The number of anilines is 1. The molecule has 6 heteroatoms. The third-order valence-corrected chi connectivity index (χ3v) is 3.56. The van der Waals surface area contributed by atoms with Crippen LogP contribution in [0, 0.1) is 5.92 Å². The molecular formula is C14H24N4O2. The highest BCUT2D eigenvalue weighted by Gasteiger charge is 2.22. The number of hydrogen-bond acceptors (Lipinski definition) is 3. The highest BCUT2D eigenvalue weighted by molar-refractivity contribution is 5.88. The molecular weight excluding hydrogens is 256 g/mol. The van der Waals surface area contributed by atoms with Crippen LogP contribution in [0.1, 0.15) is 26.7 Å². The highest BCUT2D eigenvalue weighted by atomic mass is 16.5. The quantitative estimate of drug-likeness (QED) is 0.869. The van der Waals surface area contributed by atoms with Crippen molar-refractivity contribution in [2.75, 3.05) is 31.6 Å². The second kappa shape index (κ2) is 7.28. The van der Waals surface area contributed by atoms with E-state index in [9.17, 15) is 4.79 Å². The molecule has 1 aliphatic heterocycles. The van der Waals surface area contributed by atoms with Crippen LogP contribution in [0.2, 0.25) is 0 Å². The molecule has 1 N–H and O–H groups in total. The van der Waals surface area contributed by atoms with Crippen LogP contribution < -0.4 is 5.32 Å². The molecule has 0 aliphatic carbocycles. The van der Waals surface area contributed by atoms with Gasteiger partial charge in [-0.15, -0.1) is 0 Å². The Labute approximate surface area is 120 Å². The number of amides is 2. The maximum Gasteiger partial charge on any atom is 0.323 e. The zero-order chi connectivity index (χ0) is 14.4. The molecule has 1 aromatic rings. The topological polar surface area (TPSA) is 59.4 Å². The number of carbonyl (C=O) groups is 1. The van der Waals surface area contributed by atoms with Gasteiger partial charge in [0.15, 0.2) is 0 Å². The van der Waals surface area contributed by atoms with Gasteiger partial charge >= 0.3 is 6.03 Å². The molecule has 1 atom stereocenters. The van der Waals surface area contributed by atoms with Crippen LogP contribution >= 0.6 is 0 Å². The summed E-state index contributed by atoms with van der Waals surface area (Å²) in [4.78, 5) is 14.2. The van der Waals surface area contributed by atoms with Crippen molar-refractivity contribution in [2.45, 2.75) is 33.2 Å². The first kappa shape index (κ1) is 14.8. The van der Waals surface area contributed by atoms with Crippen LogP contribution in [0.3, 0.4) is 0 Å². The fraction of sp³-hybridized carbons (Fsp3) is 0.714. The summed E-state index contributed by atoms with van der Waals surface area (Å²) in [5.41, 5.74) is 0. The molecule has 0 spiro atoms. The first-order valence-electron chi connectivity index (χ1n) is 7.40. The van der Waals surface area contributed by atoms with E-state index in [4.69, 9.17) is 4.74 Å². The van der Waals surface area contributed by atoms with Crippen LogP contribution in [0.4, 0.5) is 10.6 Å². The predicted octanol–water partition coefficient (Wildman–Crippen LogP) is 2.18. The Balaban J connectivity index is 1.92. The van der Waals surface area contributed by atoms with E-state index < -0.39 is 0 Å². The summed E-state index contributed by atoms with van der Waals surface area (Å²) in [7, 11) is 0. The number of aromatic nitrogens is 2. The van der Waals surface area contributed by atoms with Gasteiger partial charge in [0.25, 0.3) is 0 Å². The number of ether oxygens (including phenoxy) is 1. The summed E-state index contributed by atoms with van der Waals surface area (Å²) >= 11 is 0. The van der Waals surface area contributed by atoms with E-state index in [2.05, 4.69) is 17.3 Å². The van der Waals surface area contributed by atoms with Crippen molar-refractivity contribution in [3.63, 3.8) is 0 Å². The summed E-state index contributed by atoms with van der Waals surface area (Å²) in [6.45, 7) is 7.93. The maximum atomic E-state index is 12.3. The van der Waals surface area contributed by atoms with Crippen LogP contribution in [-0.2, 0) is 11.3 Å². The normalized spacial score (nSPS) is 18.2. The van der Waals surface area contributed by atoms with Gasteiger partial charge < -0.3 is 9.64 Å². The summed E-state index contributed by atoms with van der Waals surface area (Å²) in [6, 6.07) is 1.78. The maximum absolute atomic E-state index is 12.3. The Morgan fingerprint density at radius 3 is 3.10 bits per heavy atom. The number of urea groups is 1. The van der Waals surface area contributed by atoms with Gasteiger partial charge in [0.2, 0.25) is 0 Å². The lowest BCUT2D eigenvalue weighted by molar-refractivity contribution is 0.171. The molecule has 1 aromatic heterocycles. The molecule has 1 aliphatic rings. The average Bonchev–Trinajstić information content (AvgIpc) is 3.09. The molecule has 112 valence electrons. The first-order chi connectivity index (χ1) is 9.74. The van der Waals surface area contributed by atoms with Crippen molar-refractivity contribution in [1.82, 2.24) is 14.7 Å². The van der Waals surface area contributed by atoms with Crippen LogP contribution in [0.5, 0.6) is 0 Å². The van der Waals surface area contributed by atoms with Gasteiger partial charge in [-0.3, -0.25) is 5.32 Å². The van der Waals surface area contributed by atoms with Gasteiger partial charge in [0.1, 0.15) is 5.82 Å². The largest absolute Gasteiger partial charge is 0.381 e. The van der Waals surface area contributed by atoms with Crippen LogP contribution in [0.15, 0.2) is 12.3 Å². The van der Waals surface area contributed by atoms with E-state index in [1.807, 2.05) is 22.6 Å². The fourth-order valence-corrected chi connectivity index (χ4v) is 2.41. The molecule has 2 rings (SSSR count). The van der Waals surface area contributed by atoms with E-state index in [-0.39, 0.29) is 6.03 Å². The van der Waals surface area contributed by atoms with Crippen molar-refractivity contribution in [1.29, 1.82) is 0 Å². The summed E-state index contributed by atoms with van der Waals surface area (Å²) in [5, 5.41) is 7.16. The fourth-order valence-electron chi connectivity index (χ4n) is 2.41. The van der Waals surface area contributed by atoms with Crippen LogP contribution in [0.25, 0.3) is 0 Å². The zero-order valence-corrected chi connectivity index (χ0v) is 12.3. The SMILES string of the molecule is CCCn1nccc1NC(=O)N(CC)CC1CCOC1. The molecule has 0 saturated carbocycles. The number of nitrogens with one attached hydrogen (secondary N) is 1. The second-order valence-corrected chi connectivity index (χ2v) is 5.14. The Morgan fingerprint density at radius 1 is 1.60 bits per heavy atom. The van der Waals surface area contributed by atoms with Crippen molar-refractivity contribution in [3.8, 4) is 0 Å². The predicted molar refractivity (Wildman–Crippen MR) is 77.7 cm³/mol. The van der Waals surface area contributed by atoms with Crippen molar-refractivity contribution < 1.29 is 9.53 Å². The monoisotopic (exact) mass is 280 g/mol. The highest BCUT2D eigenvalue weighted by Crippen LogP contribution is 2.15. The number of rotatable bonds is 6. The van der Waals surface area contributed by atoms with Gasteiger partial charge in [-0.2, -0.15) is 5.10 Å². The Bertz CT molecular complexity index is 427. The summed E-state index contributed by atoms with van der Waals surface area (Å²) in [5.74, 6) is 1.22. The van der Waals surface area contributed by atoms with Crippen molar-refractivity contribution >= 4 is 11.8 Å². The lowest BCUT2D eigenvalue weighted by atomic mass is 10.1. The van der Waals surface area contributed by atoms with Gasteiger partial charge in [0, 0.05) is 38.2 Å². The van der Waals surface area contributed by atoms with E-state index in [0.29, 0.717) is 12.5 Å². The van der Waals surface area contributed by atoms with Gasteiger partial charge in [-0.25, -0.2) is 9.48 Å². The molecule has 1 unspecified atom stereocenters. The van der Waals surface area contributed by atoms with Crippen LogP contribution in [-0.4, -0.2) is 47.0 Å². The lowest BCUT2D eigenvalue weighted by Crippen LogP contribution is -2.39. The van der Waals surface area contributed by atoms with Gasteiger partial charge in [-0.1, -0.05) is 6.92 Å². The molecule has 20 heavy (non-hydrogen) atoms. The summed E-state index contributed by atoms with van der Waals surface area (Å²) in [6.07, 6.45) is 3.74. The van der Waals surface area contributed by atoms with E-state index in [1.54, 1.807) is 6.20 Å². The summed E-state index contributed by atoms with van der Waals surface area (Å²) < 4.78 is 7.19. The standard InChI is InChI=1S/C14H24N4O2/c1-3-8-18-13(5-7-15-18)16-14(19)17(4-2)10-12-6-9-20-11-12/h5,7,12H,3-4,6,8-11H2,1-2H3,(H,16,19). The molecule has 6 nitrogen and oxygen atoms in total. The Morgan fingerprint density at radius 2 is 2.45 bits per heavy atom. The van der Waals surface area contributed by atoms with E-state index in [0.717, 1.165) is 45.0 Å². The van der Waals surface area contributed by atoms with Crippen molar-refractivity contribution in [3.05, 3.63) is 12.3 Å². The molecule has 2 heterocycles. The third kappa shape index (κ3) is 3.72. The number of nitrogens with zero attached hydrogens (tertiary/aromatic N) is 3. The molecule has 2 amide bonds. The second-order valence-electron chi connectivity index (χ2n) is 5.14. The lowest BCUT2D eigenvalue weighted by Gasteiger charge is -2.24. The van der Waals surface area contributed by atoms with Gasteiger partial charge in [0.05, 0.1) is 12.8 Å². The molecule has 1 fully saturated rings. The van der Waals surface area contributed by atoms with Crippen molar-refractivity contribution in [2.24, 2.45) is 5.92 Å². The minimum absolute atomic E-state index is 0.0581. The molecule has 0 aromatic carbocycles. The zero-order valence-electron chi connectivity index (χ0n) is 12.3. The third-order valence-electron chi connectivity index (χ3n) is 3.56. The average molecular weight is 280 g/mol. The smallest absolute Gasteiger partial charge is 0.323 e. The minimum atomic E-state index is -0.0581. The molecule has 1 saturated heterocycles. The van der Waals surface area contributed by atoms with E-state index in [1.165, 1.54) is 0 Å². The first-order valence-corrected chi connectivity index (χ1v) is 7.40. The van der Waals surface area contributed by atoms with E-state index >= 15 is 0 Å². The van der Waals surface area contributed by atoms with Gasteiger partial charge in [-0.05, 0) is 19.8 Å². The Hall–Kier alpha value is -1.56. The number of aryl methyl sites for hydroxylation is 1. The Kier molecular flexibility index (Phi) is 5.40. The molecule has 0 bridgehead atoms.